The normalized spacial score (nSPS) is 17.2. The number of aryl methyl sites for hydroxylation is 1. The molecule has 1 fully saturated rings. The summed E-state index contributed by atoms with van der Waals surface area (Å²) in [5.74, 6) is -0.923. The molecule has 1 saturated heterocycles. The molecule has 1 N–H and O–H groups in total. The highest BCUT2D eigenvalue weighted by molar-refractivity contribution is 6.46. The second-order valence-corrected chi connectivity index (χ2v) is 10.6. The predicted molar refractivity (Wildman–Crippen MR) is 148 cm³/mol. The van der Waals surface area contributed by atoms with Crippen LogP contribution in [0.25, 0.3) is 5.76 Å². The molecule has 38 heavy (non-hydrogen) atoms. The number of rotatable bonds is 8. The Balaban J connectivity index is 1.66. The van der Waals surface area contributed by atoms with E-state index in [4.69, 9.17) is 9.47 Å². The number of amides is 1. The molecule has 1 amide bonds. The van der Waals surface area contributed by atoms with Gasteiger partial charge in [-0.05, 0) is 58.9 Å². The maximum absolute atomic E-state index is 13.2. The number of methoxy groups -OCH3 is 1. The van der Waals surface area contributed by atoms with Gasteiger partial charge in [-0.15, -0.1) is 0 Å². The third-order valence-electron chi connectivity index (χ3n) is 6.95. The van der Waals surface area contributed by atoms with Crippen LogP contribution in [0.15, 0.2) is 78.4 Å². The topological polar surface area (TPSA) is 76.1 Å². The third-order valence-corrected chi connectivity index (χ3v) is 6.95. The van der Waals surface area contributed by atoms with Gasteiger partial charge < -0.3 is 19.5 Å². The van der Waals surface area contributed by atoms with Crippen LogP contribution in [0.4, 0.5) is 0 Å². The van der Waals surface area contributed by atoms with E-state index < -0.39 is 17.7 Å². The zero-order chi connectivity index (χ0) is 27.4. The number of carbonyl (C=O) groups excluding carboxylic acids is 2. The van der Waals surface area contributed by atoms with Gasteiger partial charge in [-0.3, -0.25) is 9.59 Å². The molecule has 6 nitrogen and oxygen atoms in total. The summed E-state index contributed by atoms with van der Waals surface area (Å²) in [6, 6.07) is 22.1. The fourth-order valence-electron chi connectivity index (χ4n) is 4.61. The van der Waals surface area contributed by atoms with Crippen molar-refractivity contribution >= 4 is 17.4 Å². The minimum atomic E-state index is -0.712. The molecule has 1 aliphatic heterocycles. The second-order valence-electron chi connectivity index (χ2n) is 10.6. The van der Waals surface area contributed by atoms with Crippen LogP contribution in [0.3, 0.4) is 0 Å². The summed E-state index contributed by atoms with van der Waals surface area (Å²) in [5.41, 5.74) is 4.60. The Morgan fingerprint density at radius 3 is 2.21 bits per heavy atom. The van der Waals surface area contributed by atoms with Crippen molar-refractivity contribution in [2.24, 2.45) is 0 Å². The monoisotopic (exact) mass is 513 g/mol. The van der Waals surface area contributed by atoms with Crippen LogP contribution in [-0.4, -0.2) is 42.0 Å². The lowest BCUT2D eigenvalue weighted by Gasteiger charge is -2.26. The fourth-order valence-corrected chi connectivity index (χ4v) is 4.61. The van der Waals surface area contributed by atoms with Crippen molar-refractivity contribution in [3.63, 3.8) is 0 Å². The van der Waals surface area contributed by atoms with Crippen LogP contribution in [0.5, 0.6) is 5.75 Å². The van der Waals surface area contributed by atoms with E-state index in [-0.39, 0.29) is 29.9 Å². The Labute approximate surface area is 224 Å². The number of hydrogen-bond donors (Lipinski definition) is 1. The molecule has 198 valence electrons. The molecule has 0 bridgehead atoms. The maximum atomic E-state index is 13.2. The Hall–Kier alpha value is -3.90. The first-order valence-electron chi connectivity index (χ1n) is 12.8. The molecule has 0 spiro atoms. The van der Waals surface area contributed by atoms with Crippen LogP contribution in [0, 0.1) is 6.92 Å². The lowest BCUT2D eigenvalue weighted by atomic mass is 9.85. The van der Waals surface area contributed by atoms with E-state index in [0.29, 0.717) is 17.9 Å². The quantitative estimate of drug-likeness (QED) is 0.229. The van der Waals surface area contributed by atoms with Gasteiger partial charge in [0.25, 0.3) is 11.7 Å². The minimum absolute atomic E-state index is 0.0422. The minimum Gasteiger partial charge on any atom is -0.507 e. The van der Waals surface area contributed by atoms with Gasteiger partial charge in [-0.1, -0.05) is 69.3 Å². The van der Waals surface area contributed by atoms with E-state index in [1.54, 1.807) is 31.4 Å². The second kappa shape index (κ2) is 11.2. The summed E-state index contributed by atoms with van der Waals surface area (Å²) in [7, 11) is 1.55. The number of aliphatic hydroxyl groups is 1. The van der Waals surface area contributed by atoms with Crippen LogP contribution in [0.2, 0.25) is 0 Å². The van der Waals surface area contributed by atoms with Gasteiger partial charge >= 0.3 is 0 Å². The zero-order valence-corrected chi connectivity index (χ0v) is 22.7. The van der Waals surface area contributed by atoms with Gasteiger partial charge in [-0.2, -0.15) is 0 Å². The molecule has 0 aliphatic carbocycles. The largest absolute Gasteiger partial charge is 0.507 e. The van der Waals surface area contributed by atoms with E-state index in [1.807, 2.05) is 55.5 Å². The standard InChI is InChI=1S/C32H35NO5/c1-21-8-6-7-9-24(21)20-38-26-16-12-23(13-17-26)29(34)27-28(33(18-19-37-5)31(36)30(27)35)22-10-14-25(15-11-22)32(2,3)4/h6-17,28,34H,18-20H2,1-5H3. The van der Waals surface area contributed by atoms with Crippen LogP contribution in [0.1, 0.15) is 54.6 Å². The van der Waals surface area contributed by atoms with Crippen molar-refractivity contribution in [1.82, 2.24) is 4.90 Å². The van der Waals surface area contributed by atoms with Gasteiger partial charge in [-0.25, -0.2) is 0 Å². The lowest BCUT2D eigenvalue weighted by molar-refractivity contribution is -0.140. The van der Waals surface area contributed by atoms with Gasteiger partial charge in [0.05, 0.1) is 18.2 Å². The average Bonchev–Trinajstić information content (AvgIpc) is 3.16. The molecular formula is C32H35NO5. The van der Waals surface area contributed by atoms with Crippen molar-refractivity contribution in [1.29, 1.82) is 0 Å². The molecule has 0 saturated carbocycles. The highest BCUT2D eigenvalue weighted by atomic mass is 16.5. The summed E-state index contributed by atoms with van der Waals surface area (Å²) in [4.78, 5) is 27.7. The number of Topliss-reactive ketones (excluding diaryl/α,β-unsaturated/α-hetero) is 1. The molecule has 0 radical (unpaired) electrons. The summed E-state index contributed by atoms with van der Waals surface area (Å²) in [5, 5.41) is 11.3. The molecule has 1 atom stereocenters. The van der Waals surface area contributed by atoms with E-state index in [2.05, 4.69) is 20.8 Å². The smallest absolute Gasteiger partial charge is 0.295 e. The third kappa shape index (κ3) is 5.65. The molecule has 1 aliphatic rings. The van der Waals surface area contributed by atoms with Crippen molar-refractivity contribution < 1.29 is 24.2 Å². The van der Waals surface area contributed by atoms with Crippen LogP contribution in [-0.2, 0) is 26.3 Å². The van der Waals surface area contributed by atoms with Crippen molar-refractivity contribution in [3.8, 4) is 5.75 Å². The van der Waals surface area contributed by atoms with Gasteiger partial charge in [0, 0.05) is 19.2 Å². The molecule has 3 aromatic rings. The summed E-state index contributed by atoms with van der Waals surface area (Å²) >= 11 is 0. The summed E-state index contributed by atoms with van der Waals surface area (Å²) < 4.78 is 11.1. The number of ketones is 1. The maximum Gasteiger partial charge on any atom is 0.295 e. The molecule has 1 unspecified atom stereocenters. The van der Waals surface area contributed by atoms with E-state index in [0.717, 1.165) is 22.3 Å². The van der Waals surface area contributed by atoms with Gasteiger partial charge in [0.2, 0.25) is 0 Å². The first-order chi connectivity index (χ1) is 18.1. The fraction of sp³-hybridized carbons (Fsp3) is 0.312. The molecule has 1 heterocycles. The molecule has 4 rings (SSSR count). The van der Waals surface area contributed by atoms with Gasteiger partial charge in [0.15, 0.2) is 0 Å². The Bertz CT molecular complexity index is 1330. The SMILES string of the molecule is COCCN1C(=O)C(=O)C(=C(O)c2ccc(OCc3ccccc3C)cc2)C1c1ccc(C(C)(C)C)cc1. The summed E-state index contributed by atoms with van der Waals surface area (Å²) in [6.07, 6.45) is 0. The number of ether oxygens (including phenoxy) is 2. The molecular weight excluding hydrogens is 478 g/mol. The van der Waals surface area contributed by atoms with E-state index >= 15 is 0 Å². The number of likely N-dealkylation sites (tertiary alicyclic amines) is 1. The first-order valence-corrected chi connectivity index (χ1v) is 12.8. The van der Waals surface area contributed by atoms with E-state index in [9.17, 15) is 14.7 Å². The Morgan fingerprint density at radius 2 is 1.61 bits per heavy atom. The van der Waals surface area contributed by atoms with Crippen molar-refractivity contribution in [3.05, 3.63) is 106 Å². The van der Waals surface area contributed by atoms with Crippen molar-refractivity contribution in [2.45, 2.75) is 45.8 Å². The van der Waals surface area contributed by atoms with E-state index in [1.165, 1.54) is 4.90 Å². The predicted octanol–water partition coefficient (Wildman–Crippen LogP) is 5.94. The highest BCUT2D eigenvalue weighted by Crippen LogP contribution is 2.40. The highest BCUT2D eigenvalue weighted by Gasteiger charge is 2.45. The Kier molecular flexibility index (Phi) is 8.02. The molecule has 3 aromatic carbocycles. The van der Waals surface area contributed by atoms with Crippen molar-refractivity contribution in [2.75, 3.05) is 20.3 Å². The number of benzene rings is 3. The number of carbonyl (C=O) groups is 2. The average molecular weight is 514 g/mol. The number of aliphatic hydroxyl groups excluding tert-OH is 1. The van der Waals surface area contributed by atoms with Crippen LogP contribution >= 0.6 is 0 Å². The lowest BCUT2D eigenvalue weighted by Crippen LogP contribution is -2.32. The number of nitrogens with zero attached hydrogens (tertiary/aromatic N) is 1. The van der Waals surface area contributed by atoms with Gasteiger partial charge in [0.1, 0.15) is 18.1 Å². The Morgan fingerprint density at radius 1 is 0.947 bits per heavy atom. The zero-order valence-electron chi connectivity index (χ0n) is 22.7. The summed E-state index contributed by atoms with van der Waals surface area (Å²) in [6.45, 7) is 9.34. The van der Waals surface area contributed by atoms with Crippen LogP contribution < -0.4 is 4.74 Å². The number of hydrogen-bond acceptors (Lipinski definition) is 5. The molecule has 0 aromatic heterocycles. The first kappa shape index (κ1) is 27.1. The molecule has 6 heteroatoms.